The summed E-state index contributed by atoms with van der Waals surface area (Å²) in [7, 11) is 1.50. The molecular formula is C49H72N4O2. The van der Waals surface area contributed by atoms with Crippen LogP contribution >= 0.6 is 0 Å². The van der Waals surface area contributed by atoms with Crippen molar-refractivity contribution in [3.05, 3.63) is 142 Å². The number of piperidine rings is 1. The summed E-state index contributed by atoms with van der Waals surface area (Å²) in [6, 6.07) is 24.1. The number of aldehydes is 1. The van der Waals surface area contributed by atoms with Crippen molar-refractivity contribution in [1.82, 2.24) is 9.88 Å². The molecule has 0 unspecified atom stereocenters. The Morgan fingerprint density at radius 1 is 0.891 bits per heavy atom. The fourth-order valence-electron chi connectivity index (χ4n) is 6.32. The van der Waals surface area contributed by atoms with E-state index >= 15 is 0 Å². The molecule has 0 atom stereocenters. The number of anilines is 2. The van der Waals surface area contributed by atoms with Crippen LogP contribution in [-0.4, -0.2) is 55.6 Å². The van der Waals surface area contributed by atoms with Crippen molar-refractivity contribution >= 4 is 23.2 Å². The lowest BCUT2D eigenvalue weighted by Gasteiger charge is -2.41. The van der Waals surface area contributed by atoms with E-state index in [1.807, 2.05) is 34.6 Å². The highest BCUT2D eigenvalue weighted by Gasteiger charge is 2.28. The van der Waals surface area contributed by atoms with Gasteiger partial charge in [-0.05, 0) is 159 Å². The number of benzene rings is 3. The summed E-state index contributed by atoms with van der Waals surface area (Å²) in [5, 5.41) is 0. The van der Waals surface area contributed by atoms with E-state index in [0.29, 0.717) is 6.04 Å². The van der Waals surface area contributed by atoms with E-state index in [2.05, 4.69) is 142 Å². The van der Waals surface area contributed by atoms with Crippen LogP contribution in [0, 0.1) is 48.5 Å². The second-order valence-electron chi connectivity index (χ2n) is 14.2. The summed E-state index contributed by atoms with van der Waals surface area (Å²) in [5.41, 5.74) is 19.7. The first kappa shape index (κ1) is 48.7. The fraction of sp³-hybridized carbons (Fsp3) is 0.429. The van der Waals surface area contributed by atoms with Gasteiger partial charge in [0.2, 0.25) is 0 Å². The Balaban J connectivity index is 0.000000563. The fourth-order valence-corrected chi connectivity index (χ4v) is 6.32. The van der Waals surface area contributed by atoms with E-state index in [1.165, 1.54) is 46.1 Å². The smallest absolute Gasteiger partial charge is 0.150 e. The summed E-state index contributed by atoms with van der Waals surface area (Å²) in [5.74, 6) is 0. The molecule has 2 N–H and O–H groups in total. The number of carbonyl (C=O) groups is 1. The maximum Gasteiger partial charge on any atom is 0.150 e. The summed E-state index contributed by atoms with van der Waals surface area (Å²) in [4.78, 5) is 21.4. The first-order chi connectivity index (χ1) is 26.3. The van der Waals surface area contributed by atoms with Crippen LogP contribution < -0.4 is 10.6 Å². The van der Waals surface area contributed by atoms with Crippen LogP contribution in [0.25, 0.3) is 5.57 Å². The number of rotatable bonds is 10. The molecule has 4 aromatic rings. The van der Waals surface area contributed by atoms with E-state index in [9.17, 15) is 4.79 Å². The highest BCUT2D eigenvalue weighted by molar-refractivity contribution is 5.82. The summed E-state index contributed by atoms with van der Waals surface area (Å²) in [6.45, 7) is 34.8. The molecule has 5 rings (SSSR count). The number of hydrogen-bond donors (Lipinski definition) is 1. The Bertz CT molecular complexity index is 1750. The number of nitrogens with two attached hydrogens (primary N) is 1. The second kappa shape index (κ2) is 26.4. The number of allylic oxidation sites excluding steroid dienone is 2. The molecular weight excluding hydrogens is 677 g/mol. The van der Waals surface area contributed by atoms with E-state index in [4.69, 9.17) is 4.74 Å². The molecule has 2 heterocycles. The van der Waals surface area contributed by atoms with Gasteiger partial charge in [0.15, 0.2) is 0 Å². The average Bonchev–Trinajstić information content (AvgIpc) is 3.16. The normalized spacial score (nSPS) is 12.2. The molecule has 0 spiro atoms. The van der Waals surface area contributed by atoms with E-state index < -0.39 is 0 Å². The Morgan fingerprint density at radius 3 is 2.05 bits per heavy atom. The van der Waals surface area contributed by atoms with Gasteiger partial charge in [0.25, 0.3) is 0 Å². The molecule has 6 nitrogen and oxygen atoms in total. The number of nitrogens with zero attached hydrogens (tertiary/aromatic N) is 3. The molecule has 0 saturated carbocycles. The summed E-state index contributed by atoms with van der Waals surface area (Å²) < 4.78 is 4.98. The number of aromatic nitrogens is 1. The van der Waals surface area contributed by atoms with Crippen molar-refractivity contribution in [3.63, 3.8) is 0 Å². The minimum absolute atomic E-state index is 0.390. The van der Waals surface area contributed by atoms with Gasteiger partial charge in [-0.3, -0.25) is 14.7 Å². The zero-order valence-corrected chi connectivity index (χ0v) is 36.4. The van der Waals surface area contributed by atoms with Crippen molar-refractivity contribution in [3.8, 4) is 0 Å². The molecule has 3 aromatic carbocycles. The minimum atomic E-state index is 0.390. The first-order valence-electron chi connectivity index (χ1n) is 19.8. The van der Waals surface area contributed by atoms with E-state index in [1.54, 1.807) is 6.08 Å². The van der Waals surface area contributed by atoms with E-state index in [0.717, 1.165) is 92.2 Å². The van der Waals surface area contributed by atoms with Crippen LogP contribution in [0.15, 0.2) is 86.0 Å². The molecule has 0 radical (unpaired) electrons. The number of carbonyl (C=O) groups excluding carboxylic acids is 1. The molecule has 1 fully saturated rings. The third-order valence-corrected chi connectivity index (χ3v) is 9.45. The molecule has 1 aliphatic heterocycles. The van der Waals surface area contributed by atoms with Gasteiger partial charge in [0.05, 0.1) is 0 Å². The number of likely N-dealkylation sites (tertiary alicyclic amines) is 1. The molecule has 0 aliphatic carbocycles. The van der Waals surface area contributed by atoms with E-state index in [-0.39, 0.29) is 0 Å². The van der Waals surface area contributed by atoms with Crippen molar-refractivity contribution in [1.29, 1.82) is 0 Å². The van der Waals surface area contributed by atoms with Crippen molar-refractivity contribution < 1.29 is 9.53 Å². The van der Waals surface area contributed by atoms with Gasteiger partial charge in [0.1, 0.15) is 6.29 Å². The van der Waals surface area contributed by atoms with Crippen LogP contribution in [0.2, 0.25) is 0 Å². The number of hydrogen-bond acceptors (Lipinski definition) is 6. The van der Waals surface area contributed by atoms with Gasteiger partial charge in [-0.15, -0.1) is 6.58 Å². The largest absolute Gasteiger partial charge is 0.382 e. The minimum Gasteiger partial charge on any atom is -0.382 e. The van der Waals surface area contributed by atoms with Crippen molar-refractivity contribution in [2.45, 2.75) is 108 Å². The Labute approximate surface area is 335 Å². The zero-order valence-electron chi connectivity index (χ0n) is 36.4. The topological polar surface area (TPSA) is 71.7 Å². The van der Waals surface area contributed by atoms with Gasteiger partial charge in [-0.1, -0.05) is 67.6 Å². The maximum absolute atomic E-state index is 11.7. The van der Waals surface area contributed by atoms with Crippen LogP contribution in [-0.2, 0) is 11.3 Å². The third kappa shape index (κ3) is 16.5. The van der Waals surface area contributed by atoms with Gasteiger partial charge in [0, 0.05) is 67.2 Å². The predicted octanol–water partition coefficient (Wildman–Crippen LogP) is 11.8. The highest BCUT2D eigenvalue weighted by atomic mass is 16.5. The molecule has 6 heteroatoms. The number of pyridine rings is 1. The maximum atomic E-state index is 11.7. The predicted molar refractivity (Wildman–Crippen MR) is 240 cm³/mol. The Hall–Kier alpha value is -4.36. The summed E-state index contributed by atoms with van der Waals surface area (Å²) in [6.07, 6.45) is 6.02. The molecule has 55 heavy (non-hydrogen) atoms. The Kier molecular flexibility index (Phi) is 23.4. The standard InChI is InChI=1S/C29H35N3O.C11H14.C5H12O.C3H6.CH5N/c1-20-7-6-8-28(15-20)32(29-17-26(19-33)21(2)16-22(29)3)27-11-13-31(14-12-27)18-25-10-9-23(4)30-24(25)5;1-8(2)11-6-5-9(3)10(4)7-11;1-3-5-6-4-2;1-3-2;1-2/h6-10,15-17,19,27H,11-14,18H2,1-5H3;5-7H,1H2,2-4H3;3-5H2,1-2H3;3H,1H2,2H3;2H2,1H3. The lowest BCUT2D eigenvalue weighted by molar-refractivity contribution is 0.112. The lowest BCUT2D eigenvalue weighted by Crippen LogP contribution is -2.43. The van der Waals surface area contributed by atoms with Gasteiger partial charge in [-0.2, -0.15) is 0 Å². The zero-order chi connectivity index (χ0) is 41.5. The third-order valence-electron chi connectivity index (χ3n) is 9.45. The van der Waals surface area contributed by atoms with Crippen molar-refractivity contribution in [2.24, 2.45) is 5.73 Å². The Morgan fingerprint density at radius 2 is 1.55 bits per heavy atom. The second-order valence-corrected chi connectivity index (χ2v) is 14.2. The monoisotopic (exact) mass is 749 g/mol. The SMILES string of the molecule is C=C(C)c1ccc(C)c(C)c1.C=CC.CCCOCC.CN.Cc1cccc(N(c2cc(C=O)c(C)cc2C)C2CCN(Cc3ccc(C)nc3C)CC2)c1. The summed E-state index contributed by atoms with van der Waals surface area (Å²) >= 11 is 0. The quantitative estimate of drug-likeness (QED) is 0.0989. The molecule has 1 saturated heterocycles. The number of ether oxygens (including phenoxy) is 1. The first-order valence-corrected chi connectivity index (χ1v) is 19.8. The molecule has 0 amide bonds. The van der Waals surface area contributed by atoms with Crippen LogP contribution in [0.3, 0.4) is 0 Å². The van der Waals surface area contributed by atoms with Crippen molar-refractivity contribution in [2.75, 3.05) is 38.3 Å². The average molecular weight is 749 g/mol. The van der Waals surface area contributed by atoms with Crippen LogP contribution in [0.4, 0.5) is 11.4 Å². The van der Waals surface area contributed by atoms with Gasteiger partial charge < -0.3 is 15.4 Å². The molecule has 1 aromatic heterocycles. The lowest BCUT2D eigenvalue weighted by atomic mass is 9.97. The van der Waals surface area contributed by atoms with Gasteiger partial charge >= 0.3 is 0 Å². The molecule has 300 valence electrons. The van der Waals surface area contributed by atoms with Gasteiger partial charge in [-0.25, -0.2) is 0 Å². The molecule has 1 aliphatic rings. The highest BCUT2D eigenvalue weighted by Crippen LogP contribution is 2.36. The van der Waals surface area contributed by atoms with Crippen LogP contribution in [0.5, 0.6) is 0 Å². The molecule has 0 bridgehead atoms. The number of aryl methyl sites for hydroxylation is 7. The van der Waals surface area contributed by atoms with Crippen LogP contribution in [0.1, 0.15) is 108 Å².